The summed E-state index contributed by atoms with van der Waals surface area (Å²) in [6.45, 7) is 4.78. The SMILES string of the molecule is Cc1cccc(-c2ccc3c(c2)CN(C(=O)c2cccc4ccccc24)CCN3Cc2cnc[nH]2)c1. The highest BCUT2D eigenvalue weighted by molar-refractivity contribution is 6.07. The molecule has 5 heteroatoms. The molecule has 0 bridgehead atoms. The molecule has 36 heavy (non-hydrogen) atoms. The van der Waals surface area contributed by atoms with E-state index in [2.05, 4.69) is 76.4 Å². The van der Waals surface area contributed by atoms with E-state index in [1.165, 1.54) is 16.7 Å². The Labute approximate surface area is 211 Å². The molecule has 0 aliphatic carbocycles. The number of aryl methyl sites for hydroxylation is 1. The van der Waals surface area contributed by atoms with Gasteiger partial charge in [0, 0.05) is 37.1 Å². The molecule has 0 unspecified atom stereocenters. The average molecular weight is 473 g/mol. The van der Waals surface area contributed by atoms with Crippen LogP contribution in [0.4, 0.5) is 5.69 Å². The first-order chi connectivity index (χ1) is 17.7. The number of carbonyl (C=O) groups is 1. The van der Waals surface area contributed by atoms with E-state index < -0.39 is 0 Å². The molecule has 1 aliphatic heterocycles. The van der Waals surface area contributed by atoms with Crippen LogP contribution in [0, 0.1) is 6.92 Å². The molecule has 0 spiro atoms. The Hall–Kier alpha value is -4.38. The molecular formula is C31H28N4O. The van der Waals surface area contributed by atoms with Crippen molar-refractivity contribution in [1.29, 1.82) is 0 Å². The predicted octanol–water partition coefficient (Wildman–Crippen LogP) is 6.20. The van der Waals surface area contributed by atoms with Crippen molar-refractivity contribution in [2.45, 2.75) is 20.0 Å². The highest BCUT2D eigenvalue weighted by Gasteiger charge is 2.25. The number of imidazole rings is 1. The second-order valence-electron chi connectivity index (χ2n) is 9.46. The Kier molecular flexibility index (Phi) is 5.74. The molecule has 1 aromatic heterocycles. The van der Waals surface area contributed by atoms with Gasteiger partial charge in [0.1, 0.15) is 0 Å². The molecule has 4 aromatic carbocycles. The van der Waals surface area contributed by atoms with Crippen LogP contribution < -0.4 is 4.90 Å². The molecule has 0 fully saturated rings. The van der Waals surface area contributed by atoms with Gasteiger partial charge in [-0.1, -0.05) is 72.3 Å². The molecule has 1 aliphatic rings. The van der Waals surface area contributed by atoms with Crippen molar-refractivity contribution in [2.75, 3.05) is 18.0 Å². The fraction of sp³-hybridized carbons (Fsp3) is 0.161. The maximum absolute atomic E-state index is 13.9. The minimum Gasteiger partial charge on any atom is -0.364 e. The van der Waals surface area contributed by atoms with Gasteiger partial charge >= 0.3 is 0 Å². The van der Waals surface area contributed by atoms with Crippen LogP contribution in [0.25, 0.3) is 21.9 Å². The Morgan fingerprint density at radius 1 is 0.917 bits per heavy atom. The molecule has 5 nitrogen and oxygen atoms in total. The summed E-state index contributed by atoms with van der Waals surface area (Å²) in [5.41, 5.74) is 7.71. The number of nitrogens with one attached hydrogen (secondary N) is 1. The van der Waals surface area contributed by atoms with Crippen LogP contribution in [-0.2, 0) is 13.1 Å². The van der Waals surface area contributed by atoms with Crippen molar-refractivity contribution in [3.8, 4) is 11.1 Å². The largest absolute Gasteiger partial charge is 0.364 e. The first kappa shape index (κ1) is 22.1. The number of amides is 1. The lowest BCUT2D eigenvalue weighted by Crippen LogP contribution is -2.35. The van der Waals surface area contributed by atoms with E-state index in [-0.39, 0.29) is 5.91 Å². The monoisotopic (exact) mass is 472 g/mol. The van der Waals surface area contributed by atoms with Crippen molar-refractivity contribution in [3.05, 3.63) is 120 Å². The van der Waals surface area contributed by atoms with Crippen molar-refractivity contribution in [2.24, 2.45) is 0 Å². The van der Waals surface area contributed by atoms with Crippen LogP contribution in [0.3, 0.4) is 0 Å². The summed E-state index contributed by atoms with van der Waals surface area (Å²) < 4.78 is 0. The Balaban J connectivity index is 1.40. The van der Waals surface area contributed by atoms with Gasteiger partial charge in [-0.15, -0.1) is 0 Å². The number of nitrogens with zero attached hydrogens (tertiary/aromatic N) is 3. The van der Waals surface area contributed by atoms with E-state index in [1.807, 2.05) is 41.4 Å². The number of carbonyl (C=O) groups excluding carboxylic acids is 1. The van der Waals surface area contributed by atoms with Gasteiger partial charge in [0.15, 0.2) is 0 Å². The number of rotatable bonds is 4. The van der Waals surface area contributed by atoms with Gasteiger partial charge in [0.2, 0.25) is 0 Å². The van der Waals surface area contributed by atoms with Crippen LogP contribution in [-0.4, -0.2) is 33.9 Å². The highest BCUT2D eigenvalue weighted by atomic mass is 16.2. The maximum Gasteiger partial charge on any atom is 0.254 e. The van der Waals surface area contributed by atoms with E-state index in [0.717, 1.165) is 39.8 Å². The fourth-order valence-electron chi connectivity index (χ4n) is 5.17. The van der Waals surface area contributed by atoms with E-state index in [0.29, 0.717) is 19.6 Å². The summed E-state index contributed by atoms with van der Waals surface area (Å²) in [6.07, 6.45) is 3.58. The molecule has 2 heterocycles. The molecule has 0 saturated carbocycles. The third-order valence-corrected chi connectivity index (χ3v) is 7.00. The fourth-order valence-corrected chi connectivity index (χ4v) is 5.17. The number of benzene rings is 4. The molecule has 0 atom stereocenters. The van der Waals surface area contributed by atoms with Crippen LogP contribution in [0.5, 0.6) is 0 Å². The minimum absolute atomic E-state index is 0.0714. The maximum atomic E-state index is 13.9. The number of aromatic amines is 1. The Morgan fingerprint density at radius 3 is 2.61 bits per heavy atom. The first-order valence-electron chi connectivity index (χ1n) is 12.3. The molecular weight excluding hydrogens is 444 g/mol. The summed E-state index contributed by atoms with van der Waals surface area (Å²) in [7, 11) is 0. The van der Waals surface area contributed by atoms with Crippen molar-refractivity contribution in [1.82, 2.24) is 14.9 Å². The highest BCUT2D eigenvalue weighted by Crippen LogP contribution is 2.32. The van der Waals surface area contributed by atoms with Crippen molar-refractivity contribution in [3.63, 3.8) is 0 Å². The molecule has 1 N–H and O–H groups in total. The van der Waals surface area contributed by atoms with E-state index in [9.17, 15) is 4.79 Å². The predicted molar refractivity (Wildman–Crippen MR) is 145 cm³/mol. The van der Waals surface area contributed by atoms with Crippen LogP contribution in [0.1, 0.15) is 27.2 Å². The minimum atomic E-state index is 0.0714. The standard InChI is InChI=1S/C31H28N4O/c1-22-6-4-9-24(16-22)25-12-13-30-26(17-25)19-35(15-14-34(30)20-27-18-32-21-33-27)31(36)29-11-5-8-23-7-2-3-10-28(23)29/h2-13,16-18,21H,14-15,19-20H2,1H3,(H,32,33). The molecule has 1 amide bonds. The summed E-state index contributed by atoms with van der Waals surface area (Å²) in [5.74, 6) is 0.0714. The Morgan fingerprint density at radius 2 is 1.75 bits per heavy atom. The lowest BCUT2D eigenvalue weighted by atomic mass is 9.99. The Bertz CT molecular complexity index is 1530. The second-order valence-corrected chi connectivity index (χ2v) is 9.46. The normalized spacial score (nSPS) is 13.5. The molecule has 5 aromatic rings. The van der Waals surface area contributed by atoms with E-state index >= 15 is 0 Å². The molecule has 178 valence electrons. The van der Waals surface area contributed by atoms with Gasteiger partial charge < -0.3 is 14.8 Å². The van der Waals surface area contributed by atoms with Crippen LogP contribution in [0.2, 0.25) is 0 Å². The topological polar surface area (TPSA) is 52.2 Å². The van der Waals surface area contributed by atoms with Gasteiger partial charge in [-0.05, 0) is 52.6 Å². The average Bonchev–Trinajstić information content (AvgIpc) is 3.36. The molecule has 0 radical (unpaired) electrons. The number of hydrogen-bond acceptors (Lipinski definition) is 3. The third-order valence-electron chi connectivity index (χ3n) is 7.00. The van der Waals surface area contributed by atoms with E-state index in [1.54, 1.807) is 6.33 Å². The first-order valence-corrected chi connectivity index (χ1v) is 12.3. The van der Waals surface area contributed by atoms with Crippen LogP contribution in [0.15, 0.2) is 97.5 Å². The van der Waals surface area contributed by atoms with Gasteiger partial charge in [-0.25, -0.2) is 4.98 Å². The number of hydrogen-bond donors (Lipinski definition) is 1. The van der Waals surface area contributed by atoms with Gasteiger partial charge in [0.25, 0.3) is 5.91 Å². The van der Waals surface area contributed by atoms with Gasteiger partial charge in [-0.3, -0.25) is 4.79 Å². The summed E-state index contributed by atoms with van der Waals surface area (Å²) in [6, 6.07) is 29.3. The number of H-pyrrole nitrogens is 1. The summed E-state index contributed by atoms with van der Waals surface area (Å²) in [5, 5.41) is 2.08. The van der Waals surface area contributed by atoms with Crippen molar-refractivity contribution >= 4 is 22.4 Å². The third kappa shape index (κ3) is 4.24. The number of aromatic nitrogens is 2. The number of anilines is 1. The molecule has 6 rings (SSSR count). The van der Waals surface area contributed by atoms with Crippen molar-refractivity contribution < 1.29 is 4.79 Å². The summed E-state index contributed by atoms with van der Waals surface area (Å²) >= 11 is 0. The second kappa shape index (κ2) is 9.34. The smallest absolute Gasteiger partial charge is 0.254 e. The van der Waals surface area contributed by atoms with E-state index in [4.69, 9.17) is 0 Å². The summed E-state index contributed by atoms with van der Waals surface area (Å²) in [4.78, 5) is 25.7. The quantitative estimate of drug-likeness (QED) is 0.339. The van der Waals surface area contributed by atoms with Gasteiger partial charge in [-0.2, -0.15) is 0 Å². The zero-order chi connectivity index (χ0) is 24.5. The lowest BCUT2D eigenvalue weighted by Gasteiger charge is -2.24. The van der Waals surface area contributed by atoms with Crippen LogP contribution >= 0.6 is 0 Å². The molecule has 0 saturated heterocycles. The lowest BCUT2D eigenvalue weighted by molar-refractivity contribution is 0.0753. The number of fused-ring (bicyclic) bond motifs is 2. The van der Waals surface area contributed by atoms with Gasteiger partial charge in [0.05, 0.1) is 18.6 Å². The zero-order valence-corrected chi connectivity index (χ0v) is 20.3. The zero-order valence-electron chi connectivity index (χ0n) is 20.3.